The first-order valence-corrected chi connectivity index (χ1v) is 12.1. The lowest BCUT2D eigenvalue weighted by molar-refractivity contribution is -0.176. The number of ether oxygens (including phenoxy) is 2. The van der Waals surface area contributed by atoms with Gasteiger partial charge in [0.25, 0.3) is 0 Å². The molecule has 4 unspecified atom stereocenters. The zero-order valence-corrected chi connectivity index (χ0v) is 20.5. The number of carbonyl (C=O) groups is 1. The van der Waals surface area contributed by atoms with Gasteiger partial charge in [0.05, 0.1) is 6.04 Å². The topological polar surface area (TPSA) is 59.6 Å². The van der Waals surface area contributed by atoms with Crippen LogP contribution in [0.4, 0.5) is 13.2 Å². The molecule has 2 N–H and O–H groups in total. The Bertz CT molecular complexity index is 922. The molecular weight excluding hydrogens is 457 g/mol. The fourth-order valence-corrected chi connectivity index (χ4v) is 4.44. The second-order valence-corrected chi connectivity index (χ2v) is 9.44. The molecule has 0 saturated carbocycles. The second kappa shape index (κ2) is 12.0. The number of amides is 1. The molecule has 1 fully saturated rings. The third-order valence-corrected chi connectivity index (χ3v) is 6.06. The zero-order valence-electron chi connectivity index (χ0n) is 20.5. The summed E-state index contributed by atoms with van der Waals surface area (Å²) in [6.45, 7) is 6.32. The van der Waals surface area contributed by atoms with E-state index in [2.05, 4.69) is 17.6 Å². The molecule has 4 atom stereocenters. The van der Waals surface area contributed by atoms with Crippen LogP contribution < -0.4 is 10.6 Å². The Hall–Kier alpha value is -2.42. The quantitative estimate of drug-likeness (QED) is 0.443. The van der Waals surface area contributed by atoms with Crippen molar-refractivity contribution in [2.24, 2.45) is 0 Å². The minimum atomic E-state index is -5.00. The summed E-state index contributed by atoms with van der Waals surface area (Å²) in [7, 11) is 0. The summed E-state index contributed by atoms with van der Waals surface area (Å²) in [4.78, 5) is 12.0. The monoisotopic (exact) mass is 492 g/mol. The van der Waals surface area contributed by atoms with E-state index in [0.717, 1.165) is 30.5 Å². The molecule has 192 valence electrons. The van der Waals surface area contributed by atoms with Crippen molar-refractivity contribution in [1.29, 1.82) is 0 Å². The minimum absolute atomic E-state index is 0.177. The van der Waals surface area contributed by atoms with Gasteiger partial charge < -0.3 is 20.1 Å². The molecule has 8 heteroatoms. The third-order valence-electron chi connectivity index (χ3n) is 6.06. The SMILES string of the molecule is CCCCNC(Cc1ccccc1)C1OC(C)(C)OC1C(Cc1ccccc1)NC(=O)C(F)(F)F. The van der Waals surface area contributed by atoms with Crippen LogP contribution in [0, 0.1) is 0 Å². The molecule has 1 aliphatic heterocycles. The predicted octanol–water partition coefficient (Wildman–Crippen LogP) is 4.80. The average Bonchev–Trinajstić information content (AvgIpc) is 3.14. The maximum atomic E-state index is 13.2. The van der Waals surface area contributed by atoms with Crippen molar-refractivity contribution in [3.8, 4) is 0 Å². The number of halogens is 3. The Morgan fingerprint density at radius 2 is 1.40 bits per heavy atom. The zero-order chi connectivity index (χ0) is 25.5. The number of benzene rings is 2. The summed E-state index contributed by atoms with van der Waals surface area (Å²) in [5.41, 5.74) is 1.87. The third kappa shape index (κ3) is 8.05. The van der Waals surface area contributed by atoms with Crippen molar-refractivity contribution in [3.05, 3.63) is 71.8 Å². The van der Waals surface area contributed by atoms with Gasteiger partial charge in [-0.15, -0.1) is 0 Å². The minimum Gasteiger partial charge on any atom is -0.343 e. The standard InChI is InChI=1S/C27H35F3N2O3/c1-4-5-16-31-21(17-19-12-8-6-9-13-19)23-24(35-26(2,3)34-23)22(32-25(33)27(28,29)30)18-20-14-10-7-11-15-20/h6-15,21-24,31H,4-5,16-18H2,1-3H3,(H,32,33). The van der Waals surface area contributed by atoms with E-state index in [4.69, 9.17) is 9.47 Å². The van der Waals surface area contributed by atoms with Crippen molar-refractivity contribution in [2.75, 3.05) is 6.54 Å². The van der Waals surface area contributed by atoms with Crippen LogP contribution in [-0.4, -0.2) is 48.7 Å². The molecule has 0 bridgehead atoms. The molecule has 0 aliphatic carbocycles. The van der Waals surface area contributed by atoms with E-state index >= 15 is 0 Å². The van der Waals surface area contributed by atoms with Crippen LogP contribution in [0.3, 0.4) is 0 Å². The van der Waals surface area contributed by atoms with E-state index in [9.17, 15) is 18.0 Å². The molecule has 1 amide bonds. The lowest BCUT2D eigenvalue weighted by Gasteiger charge is -2.32. The smallest absolute Gasteiger partial charge is 0.343 e. The normalized spacial score (nSPS) is 21.4. The fourth-order valence-electron chi connectivity index (χ4n) is 4.44. The first-order chi connectivity index (χ1) is 16.6. The maximum absolute atomic E-state index is 13.2. The summed E-state index contributed by atoms with van der Waals surface area (Å²) in [6, 6.07) is 17.8. The number of rotatable bonds is 11. The molecule has 0 spiro atoms. The van der Waals surface area contributed by atoms with E-state index in [1.807, 2.05) is 60.7 Å². The summed E-state index contributed by atoms with van der Waals surface area (Å²) in [5, 5.41) is 5.75. The van der Waals surface area contributed by atoms with Crippen molar-refractivity contribution in [3.63, 3.8) is 0 Å². The van der Waals surface area contributed by atoms with Gasteiger partial charge in [-0.3, -0.25) is 4.79 Å². The largest absolute Gasteiger partial charge is 0.471 e. The Kier molecular flexibility index (Phi) is 9.33. The molecule has 1 heterocycles. The predicted molar refractivity (Wildman–Crippen MR) is 129 cm³/mol. The summed E-state index contributed by atoms with van der Waals surface area (Å²) in [5.74, 6) is -3.00. The number of unbranched alkanes of at least 4 members (excludes halogenated alkanes) is 1. The van der Waals surface area contributed by atoms with E-state index < -0.39 is 36.1 Å². The fraction of sp³-hybridized carbons (Fsp3) is 0.519. The summed E-state index contributed by atoms with van der Waals surface area (Å²) >= 11 is 0. The van der Waals surface area contributed by atoms with Gasteiger partial charge in [0.15, 0.2) is 5.79 Å². The van der Waals surface area contributed by atoms with Crippen LogP contribution >= 0.6 is 0 Å². The highest BCUT2D eigenvalue weighted by Gasteiger charge is 2.50. The Morgan fingerprint density at radius 3 is 1.89 bits per heavy atom. The van der Waals surface area contributed by atoms with Gasteiger partial charge in [0, 0.05) is 6.04 Å². The maximum Gasteiger partial charge on any atom is 0.471 e. The number of carbonyl (C=O) groups excluding carboxylic acids is 1. The van der Waals surface area contributed by atoms with Gasteiger partial charge >= 0.3 is 12.1 Å². The molecule has 3 rings (SSSR count). The van der Waals surface area contributed by atoms with Crippen LogP contribution in [0.2, 0.25) is 0 Å². The molecule has 0 aromatic heterocycles. The number of nitrogens with one attached hydrogen (secondary N) is 2. The molecule has 0 radical (unpaired) electrons. The molecule has 5 nitrogen and oxygen atoms in total. The number of hydrogen-bond donors (Lipinski definition) is 2. The van der Waals surface area contributed by atoms with Crippen LogP contribution in [0.1, 0.15) is 44.7 Å². The summed E-state index contributed by atoms with van der Waals surface area (Å²) < 4.78 is 52.2. The number of hydrogen-bond acceptors (Lipinski definition) is 4. The van der Waals surface area contributed by atoms with E-state index in [1.165, 1.54) is 0 Å². The van der Waals surface area contributed by atoms with Crippen molar-refractivity contribution in [1.82, 2.24) is 10.6 Å². The van der Waals surface area contributed by atoms with Gasteiger partial charge in [-0.05, 0) is 50.8 Å². The average molecular weight is 493 g/mol. The van der Waals surface area contributed by atoms with Crippen LogP contribution in [0.5, 0.6) is 0 Å². The molecule has 2 aromatic rings. The Labute approximate surface area is 205 Å². The van der Waals surface area contributed by atoms with Gasteiger partial charge in [0.2, 0.25) is 0 Å². The lowest BCUT2D eigenvalue weighted by Crippen LogP contribution is -2.56. The van der Waals surface area contributed by atoms with Gasteiger partial charge in [-0.1, -0.05) is 74.0 Å². The molecule has 35 heavy (non-hydrogen) atoms. The Balaban J connectivity index is 1.92. The lowest BCUT2D eigenvalue weighted by atomic mass is 9.91. The molecule has 1 aliphatic rings. The van der Waals surface area contributed by atoms with Crippen molar-refractivity contribution >= 4 is 5.91 Å². The first-order valence-electron chi connectivity index (χ1n) is 12.1. The van der Waals surface area contributed by atoms with Crippen molar-refractivity contribution < 1.29 is 27.4 Å². The highest BCUT2D eigenvalue weighted by Crippen LogP contribution is 2.34. The highest BCUT2D eigenvalue weighted by molar-refractivity contribution is 5.82. The van der Waals surface area contributed by atoms with E-state index in [-0.39, 0.29) is 12.5 Å². The van der Waals surface area contributed by atoms with Gasteiger partial charge in [-0.25, -0.2) is 0 Å². The van der Waals surface area contributed by atoms with Crippen LogP contribution in [0.15, 0.2) is 60.7 Å². The van der Waals surface area contributed by atoms with E-state index in [1.54, 1.807) is 13.8 Å². The molecular formula is C27H35F3N2O3. The Morgan fingerprint density at radius 1 is 0.914 bits per heavy atom. The van der Waals surface area contributed by atoms with E-state index in [0.29, 0.717) is 6.42 Å². The second-order valence-electron chi connectivity index (χ2n) is 9.44. The molecule has 2 aromatic carbocycles. The van der Waals surface area contributed by atoms with Gasteiger partial charge in [0.1, 0.15) is 12.2 Å². The van der Waals surface area contributed by atoms with Crippen LogP contribution in [-0.2, 0) is 27.1 Å². The summed E-state index contributed by atoms with van der Waals surface area (Å²) in [6.07, 6.45) is -3.64. The van der Waals surface area contributed by atoms with Gasteiger partial charge in [-0.2, -0.15) is 13.2 Å². The van der Waals surface area contributed by atoms with Crippen LogP contribution in [0.25, 0.3) is 0 Å². The highest BCUT2D eigenvalue weighted by atomic mass is 19.4. The first kappa shape index (κ1) is 27.2. The molecule has 1 saturated heterocycles. The number of alkyl halides is 3. The van der Waals surface area contributed by atoms with Crippen molar-refractivity contribution in [2.45, 2.75) is 82.7 Å².